The van der Waals surface area contributed by atoms with E-state index >= 15 is 0 Å². The Kier molecular flexibility index (Phi) is 10.0. The fourth-order valence-electron chi connectivity index (χ4n) is 1.56. The molecule has 0 bridgehead atoms. The highest BCUT2D eigenvalue weighted by Gasteiger charge is 1.93. The molecule has 2 aromatic rings. The Hall–Kier alpha value is -1.84. The van der Waals surface area contributed by atoms with E-state index in [4.69, 9.17) is 10.5 Å². The van der Waals surface area contributed by atoms with Crippen molar-refractivity contribution >= 4 is 5.69 Å². The predicted molar refractivity (Wildman–Crippen MR) is 86.6 cm³/mol. The first-order valence-electron chi connectivity index (χ1n) is 6.58. The van der Waals surface area contributed by atoms with Gasteiger partial charge in [0.15, 0.2) is 0 Å². The lowest BCUT2D eigenvalue weighted by Crippen LogP contribution is -2.07. The molecule has 3 nitrogen and oxygen atoms in total. The van der Waals surface area contributed by atoms with Crippen molar-refractivity contribution in [1.82, 2.24) is 0 Å². The SMILES string of the molecule is CC(C)c1ccccc1.CN(C)c1ccccc1.OO. The van der Waals surface area contributed by atoms with Gasteiger partial charge in [0.2, 0.25) is 0 Å². The number of benzene rings is 2. The van der Waals surface area contributed by atoms with Gasteiger partial charge in [0, 0.05) is 19.8 Å². The number of para-hydroxylation sites is 1. The van der Waals surface area contributed by atoms with Crippen molar-refractivity contribution in [2.75, 3.05) is 19.0 Å². The van der Waals surface area contributed by atoms with Gasteiger partial charge in [-0.15, -0.1) is 0 Å². The van der Waals surface area contributed by atoms with Gasteiger partial charge < -0.3 is 4.90 Å². The van der Waals surface area contributed by atoms with Crippen molar-refractivity contribution < 1.29 is 10.5 Å². The number of hydrogen-bond acceptors (Lipinski definition) is 3. The van der Waals surface area contributed by atoms with Crippen molar-refractivity contribution in [2.24, 2.45) is 0 Å². The van der Waals surface area contributed by atoms with Gasteiger partial charge in [0.1, 0.15) is 0 Å². The summed E-state index contributed by atoms with van der Waals surface area (Å²) < 4.78 is 0. The van der Waals surface area contributed by atoms with Crippen molar-refractivity contribution in [3.05, 3.63) is 66.2 Å². The van der Waals surface area contributed by atoms with E-state index in [2.05, 4.69) is 55.1 Å². The molecule has 2 N–H and O–H groups in total. The van der Waals surface area contributed by atoms with Crippen molar-refractivity contribution in [2.45, 2.75) is 19.8 Å². The van der Waals surface area contributed by atoms with Crippen LogP contribution in [0, 0.1) is 0 Å². The fraction of sp³-hybridized carbons (Fsp3) is 0.294. The molecule has 0 fully saturated rings. The lowest BCUT2D eigenvalue weighted by Gasteiger charge is -2.10. The number of rotatable bonds is 2. The van der Waals surface area contributed by atoms with E-state index in [9.17, 15) is 0 Å². The van der Waals surface area contributed by atoms with E-state index in [1.54, 1.807) is 0 Å². The van der Waals surface area contributed by atoms with Crippen LogP contribution < -0.4 is 4.90 Å². The van der Waals surface area contributed by atoms with Crippen LogP contribution in [0.1, 0.15) is 25.3 Å². The Morgan fingerprint density at radius 3 is 1.40 bits per heavy atom. The third-order valence-electron chi connectivity index (χ3n) is 2.74. The molecule has 0 amide bonds. The summed E-state index contributed by atoms with van der Waals surface area (Å²) in [6.07, 6.45) is 0. The third kappa shape index (κ3) is 7.56. The molecule has 3 heteroatoms. The summed E-state index contributed by atoms with van der Waals surface area (Å²) in [6.45, 7) is 4.41. The molecule has 0 aliphatic heterocycles. The highest BCUT2D eigenvalue weighted by Crippen LogP contribution is 2.11. The minimum absolute atomic E-state index is 0.659. The van der Waals surface area contributed by atoms with E-state index < -0.39 is 0 Å². The van der Waals surface area contributed by atoms with Gasteiger partial charge in [-0.05, 0) is 23.6 Å². The maximum atomic E-state index is 6.00. The molecular weight excluding hydrogens is 250 g/mol. The average molecular weight is 275 g/mol. The first-order chi connectivity index (χ1) is 9.61. The van der Waals surface area contributed by atoms with Gasteiger partial charge in [-0.3, -0.25) is 10.5 Å². The summed E-state index contributed by atoms with van der Waals surface area (Å²) in [7, 11) is 4.07. The van der Waals surface area contributed by atoms with Crippen molar-refractivity contribution in [1.29, 1.82) is 0 Å². The Bertz CT molecular complexity index is 384. The van der Waals surface area contributed by atoms with Gasteiger partial charge in [-0.2, -0.15) is 0 Å². The summed E-state index contributed by atoms with van der Waals surface area (Å²) in [5, 5.41) is 12.0. The first kappa shape index (κ1) is 18.2. The molecule has 0 aromatic heterocycles. The van der Waals surface area contributed by atoms with E-state index in [-0.39, 0.29) is 0 Å². The molecule has 0 heterocycles. The molecular formula is C17H25NO2. The van der Waals surface area contributed by atoms with Crippen LogP contribution in [0.4, 0.5) is 5.69 Å². The van der Waals surface area contributed by atoms with Gasteiger partial charge in [-0.25, -0.2) is 0 Å². The fourth-order valence-corrected chi connectivity index (χ4v) is 1.56. The highest BCUT2D eigenvalue weighted by atomic mass is 17.0. The number of anilines is 1. The second-order valence-electron chi connectivity index (χ2n) is 4.80. The topological polar surface area (TPSA) is 43.7 Å². The molecule has 0 radical (unpaired) electrons. The van der Waals surface area contributed by atoms with Crippen LogP contribution in [0.5, 0.6) is 0 Å². The maximum Gasteiger partial charge on any atom is 0.0360 e. The normalized spacial score (nSPS) is 8.95. The largest absolute Gasteiger partial charge is 0.378 e. The quantitative estimate of drug-likeness (QED) is 0.623. The van der Waals surface area contributed by atoms with Crippen LogP contribution in [-0.4, -0.2) is 24.6 Å². The molecule has 0 saturated heterocycles. The summed E-state index contributed by atoms with van der Waals surface area (Å²) in [4.78, 5) is 2.08. The van der Waals surface area contributed by atoms with Gasteiger partial charge >= 0.3 is 0 Å². The van der Waals surface area contributed by atoms with Gasteiger partial charge in [-0.1, -0.05) is 62.4 Å². The molecule has 2 rings (SSSR count). The molecule has 2 aromatic carbocycles. The smallest absolute Gasteiger partial charge is 0.0360 e. The van der Waals surface area contributed by atoms with E-state index in [0.29, 0.717) is 5.92 Å². The second-order valence-corrected chi connectivity index (χ2v) is 4.80. The number of hydrogen-bond donors (Lipinski definition) is 2. The first-order valence-corrected chi connectivity index (χ1v) is 6.58. The molecule has 20 heavy (non-hydrogen) atoms. The van der Waals surface area contributed by atoms with Crippen LogP contribution in [0.15, 0.2) is 60.7 Å². The van der Waals surface area contributed by atoms with Gasteiger partial charge in [0.25, 0.3) is 0 Å². The molecule has 0 aliphatic carbocycles. The van der Waals surface area contributed by atoms with Crippen LogP contribution in [0.25, 0.3) is 0 Å². The zero-order valence-electron chi connectivity index (χ0n) is 12.7. The monoisotopic (exact) mass is 275 g/mol. The highest BCUT2D eigenvalue weighted by molar-refractivity contribution is 5.43. The Morgan fingerprint density at radius 2 is 1.15 bits per heavy atom. The predicted octanol–water partition coefficient (Wildman–Crippen LogP) is 4.58. The zero-order chi connectivity index (χ0) is 15.4. The van der Waals surface area contributed by atoms with Crippen LogP contribution in [-0.2, 0) is 0 Å². The van der Waals surface area contributed by atoms with Crippen molar-refractivity contribution in [3.63, 3.8) is 0 Å². The van der Waals surface area contributed by atoms with Crippen LogP contribution >= 0.6 is 0 Å². The molecule has 0 atom stereocenters. The summed E-state index contributed by atoms with van der Waals surface area (Å²) in [6, 6.07) is 20.8. The van der Waals surface area contributed by atoms with Crippen LogP contribution in [0.3, 0.4) is 0 Å². The minimum Gasteiger partial charge on any atom is -0.378 e. The third-order valence-corrected chi connectivity index (χ3v) is 2.74. The standard InChI is InChI=1S/C9H12.C8H11N.H2O2/c1-8(2)9-6-4-3-5-7-9;1-9(2)8-6-4-3-5-7-8;1-2/h3-8H,1-2H3;3-7H,1-2H3;1-2H. The lowest BCUT2D eigenvalue weighted by atomic mass is 10.0. The van der Waals surface area contributed by atoms with Gasteiger partial charge in [0.05, 0.1) is 0 Å². The molecule has 0 aliphatic rings. The minimum atomic E-state index is 0.659. The molecule has 0 saturated carbocycles. The molecule has 0 unspecified atom stereocenters. The average Bonchev–Trinajstić information content (AvgIpc) is 2.51. The Morgan fingerprint density at radius 1 is 0.750 bits per heavy atom. The molecule has 0 spiro atoms. The Labute approximate surface area is 122 Å². The number of nitrogens with zero attached hydrogens (tertiary/aromatic N) is 1. The summed E-state index contributed by atoms with van der Waals surface area (Å²) in [5.41, 5.74) is 2.66. The summed E-state index contributed by atoms with van der Waals surface area (Å²) in [5.74, 6) is 0.659. The van der Waals surface area contributed by atoms with E-state index in [1.165, 1.54) is 11.3 Å². The lowest BCUT2D eigenvalue weighted by molar-refractivity contribution is -0.176. The molecule has 110 valence electrons. The Balaban J connectivity index is 0.000000321. The van der Waals surface area contributed by atoms with E-state index in [0.717, 1.165) is 0 Å². The van der Waals surface area contributed by atoms with E-state index in [1.807, 2.05) is 38.4 Å². The summed E-state index contributed by atoms with van der Waals surface area (Å²) >= 11 is 0. The van der Waals surface area contributed by atoms with Crippen molar-refractivity contribution in [3.8, 4) is 0 Å². The van der Waals surface area contributed by atoms with Crippen LogP contribution in [0.2, 0.25) is 0 Å². The maximum absolute atomic E-state index is 6.00. The second kappa shape index (κ2) is 11.0. The zero-order valence-corrected chi connectivity index (χ0v) is 12.7.